The number of fused-ring (bicyclic) bond motifs is 1. The first kappa shape index (κ1) is 33.0. The van der Waals surface area contributed by atoms with Crippen LogP contribution in [0.25, 0.3) is 0 Å². The van der Waals surface area contributed by atoms with Gasteiger partial charge in [-0.15, -0.1) is 0 Å². The third-order valence-corrected chi connectivity index (χ3v) is 12.3. The van der Waals surface area contributed by atoms with Gasteiger partial charge in [0.15, 0.2) is 0 Å². The van der Waals surface area contributed by atoms with E-state index < -0.39 is 0 Å². The van der Waals surface area contributed by atoms with Crippen LogP contribution in [0.1, 0.15) is 84.0 Å². The minimum atomic E-state index is -0.207. The summed E-state index contributed by atoms with van der Waals surface area (Å²) in [6.45, 7) is 9.79. The van der Waals surface area contributed by atoms with Crippen LogP contribution in [0.4, 0.5) is 0 Å². The number of aliphatic hydroxyl groups excluding tert-OH is 1. The van der Waals surface area contributed by atoms with Gasteiger partial charge < -0.3 is 31.7 Å². The summed E-state index contributed by atoms with van der Waals surface area (Å²) in [4.78, 5) is 15.8. The van der Waals surface area contributed by atoms with Crippen molar-refractivity contribution in [1.82, 2.24) is 47.7 Å². The van der Waals surface area contributed by atoms with Crippen molar-refractivity contribution in [3.05, 3.63) is 0 Å². The van der Waals surface area contributed by atoms with Crippen LogP contribution >= 0.6 is 0 Å². The van der Waals surface area contributed by atoms with Crippen LogP contribution in [0.3, 0.4) is 0 Å². The maximum atomic E-state index is 13.2. The average Bonchev–Trinajstić information content (AvgIpc) is 3.62. The van der Waals surface area contributed by atoms with Gasteiger partial charge in [0.05, 0.1) is 18.4 Å². The summed E-state index contributed by atoms with van der Waals surface area (Å²) in [5, 5.41) is 32.5. The Balaban J connectivity index is 0.992. The molecule has 44 heavy (non-hydrogen) atoms. The fraction of sp³-hybridized carbons (Fsp3) is 0.970. The molecule has 6 fully saturated rings. The Kier molecular flexibility index (Phi) is 12.2. The Morgan fingerprint density at radius 3 is 2.66 bits per heavy atom. The molecule has 3 heterocycles. The predicted octanol–water partition coefficient (Wildman–Crippen LogP) is 0.387. The SMILES string of the molecule is CCC1CNCCC1CNC(=O)C1CCCC(NCC2NNC(C3CCNCN3)N2CCNC2C(O)CC3CCCCC32)C1. The molecule has 3 saturated carbocycles. The van der Waals surface area contributed by atoms with Crippen molar-refractivity contribution < 1.29 is 9.90 Å². The van der Waals surface area contributed by atoms with Crippen LogP contribution < -0.4 is 42.8 Å². The number of nitrogens with one attached hydrogen (secondary N) is 8. The van der Waals surface area contributed by atoms with E-state index in [0.29, 0.717) is 35.8 Å². The van der Waals surface area contributed by atoms with Crippen molar-refractivity contribution >= 4 is 5.91 Å². The van der Waals surface area contributed by atoms with Gasteiger partial charge in [0.2, 0.25) is 5.91 Å². The van der Waals surface area contributed by atoms with Crippen molar-refractivity contribution in [2.24, 2.45) is 29.6 Å². The first-order valence-corrected chi connectivity index (χ1v) is 18.4. The lowest BCUT2D eigenvalue weighted by Crippen LogP contribution is -2.60. The first-order valence-electron chi connectivity index (χ1n) is 18.4. The van der Waals surface area contributed by atoms with Crippen LogP contribution in [0, 0.1) is 29.6 Å². The second kappa shape index (κ2) is 16.3. The molecule has 3 aliphatic heterocycles. The predicted molar refractivity (Wildman–Crippen MR) is 174 cm³/mol. The van der Waals surface area contributed by atoms with E-state index in [1.54, 1.807) is 0 Å². The lowest BCUT2D eigenvalue weighted by atomic mass is 9.80. The molecule has 6 rings (SSSR count). The number of carbonyl (C=O) groups is 1. The third-order valence-electron chi connectivity index (χ3n) is 12.3. The topological polar surface area (TPSA) is 137 Å². The van der Waals surface area contributed by atoms with Gasteiger partial charge in [-0.1, -0.05) is 39.0 Å². The van der Waals surface area contributed by atoms with Gasteiger partial charge >= 0.3 is 0 Å². The van der Waals surface area contributed by atoms with E-state index in [1.807, 2.05) is 0 Å². The second-order valence-electron chi connectivity index (χ2n) is 14.9. The lowest BCUT2D eigenvalue weighted by molar-refractivity contribution is -0.126. The van der Waals surface area contributed by atoms with Crippen LogP contribution in [-0.4, -0.2) is 105 Å². The van der Waals surface area contributed by atoms with Crippen LogP contribution in [-0.2, 0) is 4.79 Å². The highest BCUT2D eigenvalue weighted by Crippen LogP contribution is 2.42. The molecule has 3 aliphatic carbocycles. The average molecular weight is 618 g/mol. The molecule has 11 nitrogen and oxygen atoms in total. The Morgan fingerprint density at radius 2 is 1.80 bits per heavy atom. The molecule has 0 spiro atoms. The Bertz CT molecular complexity index is 891. The molecule has 0 aromatic rings. The number of hydrogen-bond donors (Lipinski definition) is 9. The zero-order valence-corrected chi connectivity index (χ0v) is 27.3. The standard InChI is InChI=1S/C33H63N9O2/c1-2-22-18-34-12-10-25(22)19-38-33(44)24-7-5-8-26(16-24)37-20-30-40-41-32(28-11-13-35-21-39-28)42(30)15-14-36-31-27-9-4-3-6-23(27)17-29(31)43/h22-32,34-37,39-41,43H,2-21H2,1H3,(H,38,44). The van der Waals surface area contributed by atoms with Crippen molar-refractivity contribution in [2.45, 2.75) is 121 Å². The third kappa shape index (κ3) is 8.15. The summed E-state index contributed by atoms with van der Waals surface area (Å²) >= 11 is 0. The molecule has 252 valence electrons. The van der Waals surface area contributed by atoms with Gasteiger partial charge in [0, 0.05) is 56.9 Å². The monoisotopic (exact) mass is 618 g/mol. The van der Waals surface area contributed by atoms with Crippen LogP contribution in [0.15, 0.2) is 0 Å². The van der Waals surface area contributed by atoms with E-state index in [0.717, 1.165) is 97.4 Å². The van der Waals surface area contributed by atoms with Gasteiger partial charge in [-0.3, -0.25) is 15.0 Å². The highest BCUT2D eigenvalue weighted by molar-refractivity contribution is 5.78. The quantitative estimate of drug-likeness (QED) is 0.151. The second-order valence-corrected chi connectivity index (χ2v) is 14.9. The molecule has 0 bridgehead atoms. The Morgan fingerprint density at radius 1 is 0.909 bits per heavy atom. The van der Waals surface area contributed by atoms with E-state index in [4.69, 9.17) is 0 Å². The van der Waals surface area contributed by atoms with E-state index in [1.165, 1.54) is 32.1 Å². The minimum absolute atomic E-state index is 0.117. The number of piperidine rings is 1. The summed E-state index contributed by atoms with van der Waals surface area (Å²) in [6, 6.07) is 0.990. The largest absolute Gasteiger partial charge is 0.391 e. The van der Waals surface area contributed by atoms with E-state index in [-0.39, 0.29) is 36.3 Å². The summed E-state index contributed by atoms with van der Waals surface area (Å²) in [5.74, 6) is 3.00. The molecule has 9 N–H and O–H groups in total. The molecule has 3 saturated heterocycles. The number of nitrogens with zero attached hydrogens (tertiary/aromatic N) is 1. The molecular formula is C33H63N9O2. The maximum absolute atomic E-state index is 13.2. The molecule has 6 aliphatic rings. The fourth-order valence-corrected chi connectivity index (χ4v) is 9.64. The zero-order valence-electron chi connectivity index (χ0n) is 27.3. The minimum Gasteiger partial charge on any atom is -0.391 e. The summed E-state index contributed by atoms with van der Waals surface area (Å²) in [6.07, 6.45) is 14.0. The van der Waals surface area contributed by atoms with Gasteiger partial charge in [-0.05, 0) is 88.3 Å². The molecule has 11 unspecified atom stereocenters. The molecule has 1 amide bonds. The number of carbonyl (C=O) groups excluding carboxylic acids is 1. The fourth-order valence-electron chi connectivity index (χ4n) is 9.64. The van der Waals surface area contributed by atoms with Crippen molar-refractivity contribution in [2.75, 3.05) is 52.5 Å². The summed E-state index contributed by atoms with van der Waals surface area (Å²) < 4.78 is 0. The van der Waals surface area contributed by atoms with Gasteiger partial charge in [0.1, 0.15) is 0 Å². The van der Waals surface area contributed by atoms with Gasteiger partial charge in [-0.25, -0.2) is 10.9 Å². The number of amides is 1. The number of hydrazine groups is 1. The van der Waals surface area contributed by atoms with E-state index >= 15 is 0 Å². The maximum Gasteiger partial charge on any atom is 0.223 e. The van der Waals surface area contributed by atoms with Gasteiger partial charge in [-0.2, -0.15) is 0 Å². The number of rotatable bonds is 12. The zero-order chi connectivity index (χ0) is 30.3. The van der Waals surface area contributed by atoms with E-state index in [9.17, 15) is 9.90 Å². The summed E-state index contributed by atoms with van der Waals surface area (Å²) in [7, 11) is 0. The van der Waals surface area contributed by atoms with Crippen LogP contribution in [0.5, 0.6) is 0 Å². The highest BCUT2D eigenvalue weighted by atomic mass is 16.3. The molecule has 0 aromatic carbocycles. The normalized spacial score (nSPS) is 41.8. The smallest absolute Gasteiger partial charge is 0.223 e. The Labute approximate surface area is 265 Å². The molecule has 11 heteroatoms. The first-order chi connectivity index (χ1) is 21.6. The molecular weight excluding hydrogens is 554 g/mol. The van der Waals surface area contributed by atoms with Gasteiger partial charge in [0.25, 0.3) is 0 Å². The molecule has 0 aromatic heterocycles. The highest BCUT2D eigenvalue weighted by Gasteiger charge is 2.44. The summed E-state index contributed by atoms with van der Waals surface area (Å²) in [5.41, 5.74) is 7.25. The van der Waals surface area contributed by atoms with Crippen molar-refractivity contribution in [3.63, 3.8) is 0 Å². The van der Waals surface area contributed by atoms with Crippen molar-refractivity contribution in [1.29, 1.82) is 0 Å². The Hall–Kier alpha value is -0.890. The molecule has 11 atom stereocenters. The van der Waals surface area contributed by atoms with Crippen LogP contribution in [0.2, 0.25) is 0 Å². The number of aliphatic hydroxyl groups is 1. The molecule has 0 radical (unpaired) electrons. The number of hydrogen-bond acceptors (Lipinski definition) is 10. The lowest BCUT2D eigenvalue weighted by Gasteiger charge is -2.37. The van der Waals surface area contributed by atoms with Crippen molar-refractivity contribution in [3.8, 4) is 0 Å². The van der Waals surface area contributed by atoms with E-state index in [2.05, 4.69) is 54.6 Å².